The number of methoxy groups -OCH3 is 1. The molecule has 6 nitrogen and oxygen atoms in total. The highest BCUT2D eigenvalue weighted by Gasteiger charge is 2.19. The van der Waals surface area contributed by atoms with Crippen molar-refractivity contribution in [2.45, 2.75) is 26.6 Å². The van der Waals surface area contributed by atoms with Gasteiger partial charge in [-0.3, -0.25) is 0 Å². The third-order valence-electron chi connectivity index (χ3n) is 3.16. The van der Waals surface area contributed by atoms with E-state index in [1.165, 1.54) is 25.4 Å². The zero-order chi connectivity index (χ0) is 15.6. The van der Waals surface area contributed by atoms with Gasteiger partial charge in [-0.1, -0.05) is 5.21 Å². The zero-order valence-electron chi connectivity index (χ0n) is 12.1. The van der Waals surface area contributed by atoms with Crippen molar-refractivity contribution in [2.75, 3.05) is 12.8 Å². The molecule has 112 valence electrons. The van der Waals surface area contributed by atoms with Crippen LogP contribution in [-0.4, -0.2) is 28.1 Å². The Morgan fingerprint density at radius 2 is 2.19 bits per heavy atom. The lowest BCUT2D eigenvalue weighted by Crippen LogP contribution is -2.09. The van der Waals surface area contributed by atoms with Crippen molar-refractivity contribution in [3.63, 3.8) is 0 Å². The predicted molar refractivity (Wildman–Crippen MR) is 76.4 cm³/mol. The van der Waals surface area contributed by atoms with Gasteiger partial charge in [-0.05, 0) is 31.5 Å². The number of esters is 1. The van der Waals surface area contributed by atoms with Crippen LogP contribution in [0.4, 0.5) is 10.1 Å². The normalized spacial score (nSPS) is 10.9. The van der Waals surface area contributed by atoms with E-state index in [0.29, 0.717) is 16.8 Å². The summed E-state index contributed by atoms with van der Waals surface area (Å²) in [6.07, 6.45) is 1.53. The number of anilines is 1. The number of nitrogen functional groups attached to an aromatic ring is 1. The van der Waals surface area contributed by atoms with Crippen molar-refractivity contribution < 1.29 is 13.9 Å². The Labute approximate surface area is 121 Å². The fraction of sp³-hybridized carbons (Fsp3) is 0.357. The highest BCUT2D eigenvalue weighted by molar-refractivity contribution is 5.97. The van der Waals surface area contributed by atoms with Gasteiger partial charge in [-0.25, -0.2) is 13.9 Å². The summed E-state index contributed by atoms with van der Waals surface area (Å²) >= 11 is 0. The van der Waals surface area contributed by atoms with Gasteiger partial charge in [0.25, 0.3) is 0 Å². The maximum absolute atomic E-state index is 13.3. The molecule has 0 atom stereocenters. The molecular formula is C14H17FN4O2. The van der Waals surface area contributed by atoms with Gasteiger partial charge >= 0.3 is 5.97 Å². The average molecular weight is 292 g/mol. The van der Waals surface area contributed by atoms with Gasteiger partial charge in [0.1, 0.15) is 6.67 Å². The second-order valence-electron chi connectivity index (χ2n) is 4.88. The largest absolute Gasteiger partial charge is 0.465 e. The molecule has 1 aromatic heterocycles. The summed E-state index contributed by atoms with van der Waals surface area (Å²) in [7, 11) is 1.27. The van der Waals surface area contributed by atoms with Crippen molar-refractivity contribution in [3.05, 3.63) is 29.5 Å². The van der Waals surface area contributed by atoms with Crippen LogP contribution in [0.3, 0.4) is 0 Å². The summed E-state index contributed by atoms with van der Waals surface area (Å²) in [6.45, 7) is 3.17. The lowest BCUT2D eigenvalue weighted by Gasteiger charge is -2.14. The molecule has 0 spiro atoms. The van der Waals surface area contributed by atoms with Crippen molar-refractivity contribution in [3.8, 4) is 11.3 Å². The smallest absolute Gasteiger partial charge is 0.339 e. The maximum atomic E-state index is 13.3. The van der Waals surface area contributed by atoms with Crippen LogP contribution in [0.2, 0.25) is 0 Å². The highest BCUT2D eigenvalue weighted by atomic mass is 19.1. The molecule has 21 heavy (non-hydrogen) atoms. The summed E-state index contributed by atoms with van der Waals surface area (Å²) in [5.41, 5.74) is 7.71. The van der Waals surface area contributed by atoms with E-state index in [1.54, 1.807) is 4.68 Å². The molecule has 0 aliphatic heterocycles. The molecule has 2 rings (SSSR count). The van der Waals surface area contributed by atoms with E-state index in [4.69, 9.17) is 5.73 Å². The molecule has 1 aromatic carbocycles. The minimum Gasteiger partial charge on any atom is -0.465 e. The van der Waals surface area contributed by atoms with E-state index >= 15 is 0 Å². The predicted octanol–water partition coefficient (Wildman–Crippen LogP) is 2.36. The SMILES string of the molecule is COC(=O)c1cc(-c2cnnn2C(C)C)c(CF)cc1N. The molecule has 0 fully saturated rings. The van der Waals surface area contributed by atoms with Gasteiger partial charge < -0.3 is 10.5 Å². The number of halogens is 1. The first-order valence-corrected chi connectivity index (χ1v) is 6.46. The van der Waals surface area contributed by atoms with Crippen LogP contribution in [0, 0.1) is 0 Å². The molecule has 0 aliphatic rings. The number of carbonyl (C=O) groups excluding carboxylic acids is 1. The van der Waals surface area contributed by atoms with Crippen molar-refractivity contribution in [1.29, 1.82) is 0 Å². The van der Waals surface area contributed by atoms with Crippen LogP contribution in [0.5, 0.6) is 0 Å². The minimum absolute atomic E-state index is 0.0501. The molecule has 0 bridgehead atoms. The summed E-state index contributed by atoms with van der Waals surface area (Å²) in [5, 5.41) is 7.84. The number of nitrogens with two attached hydrogens (primary N) is 1. The number of hydrogen-bond acceptors (Lipinski definition) is 5. The molecule has 0 saturated carbocycles. The van der Waals surface area contributed by atoms with Gasteiger partial charge in [0, 0.05) is 17.3 Å². The molecule has 0 aliphatic carbocycles. The fourth-order valence-corrected chi connectivity index (χ4v) is 2.12. The third-order valence-corrected chi connectivity index (χ3v) is 3.16. The first-order valence-electron chi connectivity index (χ1n) is 6.46. The number of aromatic nitrogens is 3. The second-order valence-corrected chi connectivity index (χ2v) is 4.88. The molecule has 1 heterocycles. The van der Waals surface area contributed by atoms with Gasteiger partial charge in [-0.15, -0.1) is 5.10 Å². The van der Waals surface area contributed by atoms with E-state index in [0.717, 1.165) is 0 Å². The number of hydrogen-bond donors (Lipinski definition) is 1. The van der Waals surface area contributed by atoms with Crippen molar-refractivity contribution >= 4 is 11.7 Å². The minimum atomic E-state index is -0.704. The maximum Gasteiger partial charge on any atom is 0.339 e. The number of carbonyl (C=O) groups is 1. The standard InChI is InChI=1S/C14H17FN4O2/c1-8(2)19-13(7-17-18-19)10-5-11(14(20)21-3)12(16)4-9(10)6-15/h4-5,7-8H,6,16H2,1-3H3. The zero-order valence-corrected chi connectivity index (χ0v) is 12.1. The van der Waals surface area contributed by atoms with Crippen LogP contribution >= 0.6 is 0 Å². The number of alkyl halides is 1. The monoisotopic (exact) mass is 292 g/mol. The Kier molecular flexibility index (Phi) is 4.21. The molecule has 2 aromatic rings. The summed E-state index contributed by atoms with van der Waals surface area (Å²) in [5.74, 6) is -0.567. The quantitative estimate of drug-likeness (QED) is 0.691. The van der Waals surface area contributed by atoms with Crippen LogP contribution in [0.1, 0.15) is 35.8 Å². The van der Waals surface area contributed by atoms with E-state index in [9.17, 15) is 9.18 Å². The summed E-state index contributed by atoms with van der Waals surface area (Å²) in [4.78, 5) is 11.7. The fourth-order valence-electron chi connectivity index (χ4n) is 2.12. The Bertz CT molecular complexity index is 667. The number of rotatable bonds is 4. The Hall–Kier alpha value is -2.44. The van der Waals surface area contributed by atoms with Crippen LogP contribution in [0.15, 0.2) is 18.3 Å². The van der Waals surface area contributed by atoms with E-state index < -0.39 is 12.6 Å². The first kappa shape index (κ1) is 15.0. The van der Waals surface area contributed by atoms with E-state index in [-0.39, 0.29) is 17.3 Å². The van der Waals surface area contributed by atoms with Crippen LogP contribution < -0.4 is 5.73 Å². The van der Waals surface area contributed by atoms with Crippen molar-refractivity contribution in [2.24, 2.45) is 0 Å². The summed E-state index contributed by atoms with van der Waals surface area (Å²) < 4.78 is 19.6. The highest BCUT2D eigenvalue weighted by Crippen LogP contribution is 2.30. The molecule has 0 unspecified atom stereocenters. The summed E-state index contributed by atoms with van der Waals surface area (Å²) in [6, 6.07) is 3.02. The Morgan fingerprint density at radius 1 is 1.48 bits per heavy atom. The number of ether oxygens (including phenoxy) is 1. The number of nitrogens with zero attached hydrogens (tertiary/aromatic N) is 3. The Morgan fingerprint density at radius 3 is 2.76 bits per heavy atom. The third kappa shape index (κ3) is 2.72. The molecule has 0 radical (unpaired) electrons. The number of benzene rings is 1. The Balaban J connectivity index is 2.66. The molecule has 0 saturated heterocycles. The van der Waals surface area contributed by atoms with Gasteiger partial charge in [0.15, 0.2) is 0 Å². The lowest BCUT2D eigenvalue weighted by molar-refractivity contribution is 0.0602. The van der Waals surface area contributed by atoms with Crippen LogP contribution in [-0.2, 0) is 11.4 Å². The second kappa shape index (κ2) is 5.90. The molecule has 7 heteroatoms. The lowest BCUT2D eigenvalue weighted by atomic mass is 10.00. The van der Waals surface area contributed by atoms with Crippen molar-refractivity contribution in [1.82, 2.24) is 15.0 Å². The van der Waals surface area contributed by atoms with E-state index in [1.807, 2.05) is 13.8 Å². The molecule has 2 N–H and O–H groups in total. The topological polar surface area (TPSA) is 83.0 Å². The van der Waals surface area contributed by atoms with Crippen LogP contribution in [0.25, 0.3) is 11.3 Å². The molecule has 0 amide bonds. The van der Waals surface area contributed by atoms with E-state index in [2.05, 4.69) is 15.0 Å². The van der Waals surface area contributed by atoms with Gasteiger partial charge in [0.05, 0.1) is 24.6 Å². The first-order chi connectivity index (χ1) is 9.99. The van der Waals surface area contributed by atoms with Gasteiger partial charge in [0.2, 0.25) is 0 Å². The average Bonchev–Trinajstić information content (AvgIpc) is 2.95. The van der Waals surface area contributed by atoms with Gasteiger partial charge in [-0.2, -0.15) is 0 Å². The molecular weight excluding hydrogens is 275 g/mol.